The highest BCUT2D eigenvalue weighted by molar-refractivity contribution is 5.92. The SMILES string of the molecule is O=C(NCc1ccncc1)c1ccc(NCCc2ccc(F)cc2)cn1. The molecular formula is C20H19FN4O. The Labute approximate surface area is 151 Å². The standard InChI is InChI=1S/C20H19FN4O/c21-17-3-1-15(2-4-17)9-12-23-18-5-6-19(24-14-18)20(26)25-13-16-7-10-22-11-8-16/h1-8,10-11,14,23H,9,12-13H2,(H,25,26). The zero-order chi connectivity index (χ0) is 18.2. The fraction of sp³-hybridized carbons (Fsp3) is 0.150. The summed E-state index contributed by atoms with van der Waals surface area (Å²) in [6.45, 7) is 1.13. The number of aromatic nitrogens is 2. The normalized spacial score (nSPS) is 10.3. The molecule has 1 aromatic carbocycles. The number of carbonyl (C=O) groups is 1. The number of amides is 1. The van der Waals surface area contributed by atoms with Gasteiger partial charge in [0.05, 0.1) is 11.9 Å². The number of hydrogen-bond donors (Lipinski definition) is 2. The van der Waals surface area contributed by atoms with Crippen LogP contribution >= 0.6 is 0 Å². The predicted molar refractivity (Wildman–Crippen MR) is 98.2 cm³/mol. The first-order valence-electron chi connectivity index (χ1n) is 8.32. The first-order valence-corrected chi connectivity index (χ1v) is 8.32. The van der Waals surface area contributed by atoms with Crippen LogP contribution in [0.4, 0.5) is 10.1 Å². The van der Waals surface area contributed by atoms with Gasteiger partial charge in [-0.3, -0.25) is 9.78 Å². The van der Waals surface area contributed by atoms with Crippen LogP contribution in [0.3, 0.4) is 0 Å². The molecule has 2 heterocycles. The molecule has 132 valence electrons. The maximum absolute atomic E-state index is 12.9. The van der Waals surface area contributed by atoms with Crippen molar-refractivity contribution in [2.75, 3.05) is 11.9 Å². The van der Waals surface area contributed by atoms with Gasteiger partial charge in [-0.25, -0.2) is 9.37 Å². The largest absolute Gasteiger partial charge is 0.383 e. The highest BCUT2D eigenvalue weighted by Crippen LogP contribution is 2.08. The van der Waals surface area contributed by atoms with E-state index in [1.807, 2.05) is 18.2 Å². The summed E-state index contributed by atoms with van der Waals surface area (Å²) < 4.78 is 12.9. The van der Waals surface area contributed by atoms with E-state index in [0.29, 0.717) is 18.8 Å². The van der Waals surface area contributed by atoms with E-state index in [2.05, 4.69) is 20.6 Å². The Bertz CT molecular complexity index is 836. The lowest BCUT2D eigenvalue weighted by Crippen LogP contribution is -2.23. The maximum atomic E-state index is 12.9. The molecule has 2 aromatic heterocycles. The summed E-state index contributed by atoms with van der Waals surface area (Å²) in [7, 11) is 0. The van der Waals surface area contributed by atoms with E-state index in [1.165, 1.54) is 12.1 Å². The van der Waals surface area contributed by atoms with Gasteiger partial charge in [-0.1, -0.05) is 12.1 Å². The summed E-state index contributed by atoms with van der Waals surface area (Å²) in [6.07, 6.45) is 5.78. The van der Waals surface area contributed by atoms with Gasteiger partial charge in [0.15, 0.2) is 0 Å². The molecule has 3 rings (SSSR count). The van der Waals surface area contributed by atoms with Crippen LogP contribution in [0.15, 0.2) is 67.1 Å². The summed E-state index contributed by atoms with van der Waals surface area (Å²) in [5, 5.41) is 6.06. The summed E-state index contributed by atoms with van der Waals surface area (Å²) in [5.41, 5.74) is 3.23. The minimum atomic E-state index is -0.233. The molecule has 0 spiro atoms. The minimum Gasteiger partial charge on any atom is -0.383 e. The lowest BCUT2D eigenvalue weighted by molar-refractivity contribution is 0.0946. The molecule has 0 aliphatic rings. The Kier molecular flexibility index (Phi) is 5.88. The molecule has 0 bridgehead atoms. The number of benzene rings is 1. The van der Waals surface area contributed by atoms with Gasteiger partial charge in [0.1, 0.15) is 11.5 Å². The van der Waals surface area contributed by atoms with E-state index in [1.54, 1.807) is 36.8 Å². The smallest absolute Gasteiger partial charge is 0.270 e. The Morgan fingerprint density at radius 2 is 1.73 bits per heavy atom. The minimum absolute atomic E-state index is 0.223. The van der Waals surface area contributed by atoms with Crippen LogP contribution in [-0.4, -0.2) is 22.4 Å². The van der Waals surface area contributed by atoms with Gasteiger partial charge < -0.3 is 10.6 Å². The van der Waals surface area contributed by atoms with Crippen molar-refractivity contribution in [1.29, 1.82) is 0 Å². The Morgan fingerprint density at radius 1 is 0.962 bits per heavy atom. The molecule has 26 heavy (non-hydrogen) atoms. The summed E-state index contributed by atoms with van der Waals surface area (Å²) in [5.74, 6) is -0.455. The number of halogens is 1. The highest BCUT2D eigenvalue weighted by atomic mass is 19.1. The van der Waals surface area contributed by atoms with Crippen molar-refractivity contribution < 1.29 is 9.18 Å². The van der Waals surface area contributed by atoms with Crippen molar-refractivity contribution in [2.45, 2.75) is 13.0 Å². The van der Waals surface area contributed by atoms with E-state index in [-0.39, 0.29) is 11.7 Å². The van der Waals surface area contributed by atoms with Gasteiger partial charge in [0, 0.05) is 25.5 Å². The number of anilines is 1. The number of nitrogens with one attached hydrogen (secondary N) is 2. The van der Waals surface area contributed by atoms with E-state index in [9.17, 15) is 9.18 Å². The summed E-state index contributed by atoms with van der Waals surface area (Å²) in [4.78, 5) is 20.2. The van der Waals surface area contributed by atoms with Gasteiger partial charge in [0.2, 0.25) is 0 Å². The van der Waals surface area contributed by atoms with Crippen LogP contribution in [-0.2, 0) is 13.0 Å². The van der Waals surface area contributed by atoms with Crippen molar-refractivity contribution in [2.24, 2.45) is 0 Å². The second-order valence-electron chi connectivity index (χ2n) is 5.77. The van der Waals surface area contributed by atoms with E-state index in [0.717, 1.165) is 23.2 Å². The number of pyridine rings is 2. The lowest BCUT2D eigenvalue weighted by atomic mass is 10.1. The molecule has 3 aromatic rings. The number of carbonyl (C=O) groups excluding carboxylic acids is 1. The van der Waals surface area contributed by atoms with Crippen molar-refractivity contribution in [3.8, 4) is 0 Å². The quantitative estimate of drug-likeness (QED) is 0.687. The Morgan fingerprint density at radius 3 is 2.42 bits per heavy atom. The highest BCUT2D eigenvalue weighted by Gasteiger charge is 2.06. The molecule has 1 amide bonds. The Balaban J connectivity index is 1.46. The third kappa shape index (κ3) is 5.11. The summed E-state index contributed by atoms with van der Waals surface area (Å²) in [6, 6.07) is 13.6. The summed E-state index contributed by atoms with van der Waals surface area (Å²) >= 11 is 0. The molecule has 0 radical (unpaired) electrons. The average molecular weight is 350 g/mol. The molecule has 0 unspecified atom stereocenters. The van der Waals surface area contributed by atoms with E-state index >= 15 is 0 Å². The monoisotopic (exact) mass is 350 g/mol. The molecular weight excluding hydrogens is 331 g/mol. The second kappa shape index (κ2) is 8.71. The van der Waals surface area contributed by atoms with Gasteiger partial charge in [-0.05, 0) is 53.9 Å². The van der Waals surface area contributed by atoms with Crippen molar-refractivity contribution in [3.05, 3.63) is 89.8 Å². The van der Waals surface area contributed by atoms with Crippen molar-refractivity contribution >= 4 is 11.6 Å². The zero-order valence-electron chi connectivity index (χ0n) is 14.2. The average Bonchev–Trinajstić information content (AvgIpc) is 2.69. The molecule has 0 fully saturated rings. The third-order valence-electron chi connectivity index (χ3n) is 3.85. The molecule has 0 atom stereocenters. The van der Waals surface area contributed by atoms with Gasteiger partial charge in [-0.15, -0.1) is 0 Å². The van der Waals surface area contributed by atoms with Gasteiger partial charge >= 0.3 is 0 Å². The topological polar surface area (TPSA) is 66.9 Å². The molecule has 5 nitrogen and oxygen atoms in total. The second-order valence-corrected chi connectivity index (χ2v) is 5.77. The molecule has 0 aliphatic carbocycles. The van der Waals surface area contributed by atoms with Gasteiger partial charge in [-0.2, -0.15) is 0 Å². The Hall–Kier alpha value is -3.28. The van der Waals surface area contributed by atoms with Crippen LogP contribution in [0.25, 0.3) is 0 Å². The number of hydrogen-bond acceptors (Lipinski definition) is 4. The fourth-order valence-electron chi connectivity index (χ4n) is 2.41. The van der Waals surface area contributed by atoms with Crippen LogP contribution in [0.5, 0.6) is 0 Å². The first kappa shape index (κ1) is 17.5. The van der Waals surface area contributed by atoms with Crippen LogP contribution in [0, 0.1) is 5.82 Å². The van der Waals surface area contributed by atoms with Crippen LogP contribution < -0.4 is 10.6 Å². The molecule has 0 aliphatic heterocycles. The molecule has 0 saturated heterocycles. The van der Waals surface area contributed by atoms with Crippen molar-refractivity contribution in [3.63, 3.8) is 0 Å². The van der Waals surface area contributed by atoms with E-state index in [4.69, 9.17) is 0 Å². The lowest BCUT2D eigenvalue weighted by Gasteiger charge is -2.08. The molecule has 0 saturated carbocycles. The predicted octanol–water partition coefficient (Wildman–Crippen LogP) is 3.20. The fourth-order valence-corrected chi connectivity index (χ4v) is 2.41. The van der Waals surface area contributed by atoms with E-state index < -0.39 is 0 Å². The van der Waals surface area contributed by atoms with Crippen molar-refractivity contribution in [1.82, 2.24) is 15.3 Å². The van der Waals surface area contributed by atoms with Gasteiger partial charge in [0.25, 0.3) is 5.91 Å². The molecule has 6 heteroatoms. The third-order valence-corrected chi connectivity index (χ3v) is 3.85. The van der Waals surface area contributed by atoms with Crippen LogP contribution in [0.2, 0.25) is 0 Å². The molecule has 2 N–H and O–H groups in total. The number of rotatable bonds is 7. The first-order chi connectivity index (χ1) is 12.7. The number of nitrogens with zero attached hydrogens (tertiary/aromatic N) is 2. The van der Waals surface area contributed by atoms with Crippen LogP contribution in [0.1, 0.15) is 21.6 Å². The zero-order valence-corrected chi connectivity index (χ0v) is 14.2. The maximum Gasteiger partial charge on any atom is 0.270 e.